The maximum Gasteiger partial charge on any atom is 0.215 e. The van der Waals surface area contributed by atoms with Crippen LogP contribution in [0.25, 0.3) is 61.0 Å². The van der Waals surface area contributed by atoms with Crippen molar-refractivity contribution in [2.45, 2.75) is 89.5 Å². The topological polar surface area (TPSA) is 38.5 Å². The van der Waals surface area contributed by atoms with Crippen molar-refractivity contribution in [2.75, 3.05) is 16.5 Å². The average molecular weight is 909 g/mol. The third-order valence-corrected chi connectivity index (χ3v) is 16.8. The van der Waals surface area contributed by atoms with Crippen LogP contribution in [0.15, 0.2) is 164 Å². The molecule has 7 aromatic carbocycles. The van der Waals surface area contributed by atoms with Gasteiger partial charge in [0.1, 0.15) is 11.5 Å². The SMILES string of the molecule is [2H]C([2H])([2H])n1c(-n2c3ccc(-c4ccccc4-c4ccccc4)cc3c3ccc(Oc4cccc(N5CN(C6C(C7CCCCC7)CCCC6C6CCCCC6)c6ccccc65)c4)cc32)nc2ccccc21. The van der Waals surface area contributed by atoms with Gasteiger partial charge in [0.25, 0.3) is 0 Å². The maximum atomic E-state index is 8.81. The van der Waals surface area contributed by atoms with Crippen LogP contribution in [0, 0.1) is 23.7 Å². The van der Waals surface area contributed by atoms with E-state index in [-0.39, 0.29) is 0 Å². The number of rotatable bonds is 9. The number of hydrogen-bond acceptors (Lipinski definition) is 4. The molecule has 3 fully saturated rings. The quantitative estimate of drug-likeness (QED) is 0.145. The Morgan fingerprint density at radius 2 is 1.19 bits per heavy atom. The Morgan fingerprint density at radius 1 is 0.507 bits per heavy atom. The van der Waals surface area contributed by atoms with Gasteiger partial charge in [-0.3, -0.25) is 4.57 Å². The summed E-state index contributed by atoms with van der Waals surface area (Å²) in [6.45, 7) is -1.65. The predicted octanol–water partition coefficient (Wildman–Crippen LogP) is 16.7. The summed E-state index contributed by atoms with van der Waals surface area (Å²) in [6.07, 6.45) is 18.1. The van der Waals surface area contributed by atoms with Crippen molar-refractivity contribution in [1.82, 2.24) is 14.1 Å². The molecule has 0 amide bonds. The van der Waals surface area contributed by atoms with Crippen LogP contribution < -0.4 is 14.5 Å². The molecule has 6 heteroatoms. The van der Waals surface area contributed by atoms with E-state index in [2.05, 4.69) is 131 Å². The lowest BCUT2D eigenvalue weighted by atomic mass is 9.62. The third-order valence-electron chi connectivity index (χ3n) is 16.8. The Balaban J connectivity index is 0.887. The van der Waals surface area contributed by atoms with E-state index in [0.717, 1.165) is 85.8 Å². The molecule has 6 nitrogen and oxygen atoms in total. The number of ether oxygens (including phenoxy) is 1. The van der Waals surface area contributed by atoms with Gasteiger partial charge in [0.15, 0.2) is 0 Å². The van der Waals surface area contributed by atoms with Crippen LogP contribution in [0.4, 0.5) is 17.1 Å². The molecule has 2 aromatic heterocycles. The number of hydrogen-bond donors (Lipinski definition) is 0. The van der Waals surface area contributed by atoms with E-state index >= 15 is 0 Å². The van der Waals surface area contributed by atoms with Gasteiger partial charge in [-0.25, -0.2) is 4.98 Å². The van der Waals surface area contributed by atoms with Crippen molar-refractivity contribution in [3.05, 3.63) is 164 Å². The van der Waals surface area contributed by atoms with Crippen molar-refractivity contribution in [1.29, 1.82) is 0 Å². The first-order valence-corrected chi connectivity index (χ1v) is 26.0. The fourth-order valence-electron chi connectivity index (χ4n) is 13.6. The van der Waals surface area contributed by atoms with Gasteiger partial charge in [0.05, 0.1) is 40.1 Å². The second-order valence-electron chi connectivity index (χ2n) is 20.6. The Morgan fingerprint density at radius 3 is 1.96 bits per heavy atom. The summed E-state index contributed by atoms with van der Waals surface area (Å²) < 4.78 is 36.7. The van der Waals surface area contributed by atoms with Crippen LogP contribution in [0.5, 0.6) is 11.5 Å². The second kappa shape index (κ2) is 17.9. The normalized spacial score (nSPS) is 21.1. The van der Waals surface area contributed by atoms with Gasteiger partial charge in [0.2, 0.25) is 5.95 Å². The van der Waals surface area contributed by atoms with E-state index in [4.69, 9.17) is 13.8 Å². The van der Waals surface area contributed by atoms with Gasteiger partial charge in [-0.15, -0.1) is 0 Å². The lowest BCUT2D eigenvalue weighted by molar-refractivity contribution is 0.0797. The minimum Gasteiger partial charge on any atom is -0.457 e. The zero-order valence-corrected chi connectivity index (χ0v) is 39.5. The number of para-hydroxylation sites is 4. The van der Waals surface area contributed by atoms with Gasteiger partial charge in [0, 0.05) is 45.7 Å². The molecule has 2 atom stereocenters. The summed E-state index contributed by atoms with van der Waals surface area (Å²) in [5, 5.41) is 1.97. The largest absolute Gasteiger partial charge is 0.457 e. The zero-order valence-electron chi connectivity index (χ0n) is 42.5. The molecule has 1 aliphatic heterocycles. The highest BCUT2D eigenvalue weighted by Gasteiger charge is 2.46. The highest BCUT2D eigenvalue weighted by Crippen LogP contribution is 2.52. The molecular formula is C63H63N5O. The van der Waals surface area contributed by atoms with Crippen molar-refractivity contribution in [3.8, 4) is 39.7 Å². The van der Waals surface area contributed by atoms with E-state index < -0.39 is 6.98 Å². The average Bonchev–Trinajstić information content (AvgIpc) is 4.11. The fourth-order valence-corrected chi connectivity index (χ4v) is 13.6. The number of fused-ring (bicyclic) bond motifs is 5. The highest BCUT2D eigenvalue weighted by atomic mass is 16.5. The Kier molecular flexibility index (Phi) is 10.2. The van der Waals surface area contributed by atoms with Crippen LogP contribution in [-0.4, -0.2) is 26.8 Å². The van der Waals surface area contributed by atoms with Gasteiger partial charge < -0.3 is 19.1 Å². The Hall–Kier alpha value is -6.79. The summed E-state index contributed by atoms with van der Waals surface area (Å²) in [5.41, 5.74) is 11.1. The summed E-state index contributed by atoms with van der Waals surface area (Å²) in [5.74, 6) is 4.88. The van der Waals surface area contributed by atoms with Gasteiger partial charge in [-0.2, -0.15) is 0 Å². The van der Waals surface area contributed by atoms with E-state index in [1.807, 2.05) is 47.0 Å². The number of benzene rings is 7. The minimum atomic E-state index is -2.49. The molecular weight excluding hydrogens is 843 g/mol. The van der Waals surface area contributed by atoms with Crippen LogP contribution >= 0.6 is 0 Å². The highest BCUT2D eigenvalue weighted by molar-refractivity contribution is 6.11. The van der Waals surface area contributed by atoms with E-state index in [0.29, 0.717) is 28.8 Å². The molecule has 0 spiro atoms. The summed E-state index contributed by atoms with van der Waals surface area (Å²) >= 11 is 0. The molecule has 0 bridgehead atoms. The molecule has 0 saturated heterocycles. The van der Waals surface area contributed by atoms with Crippen molar-refractivity contribution in [3.63, 3.8) is 0 Å². The van der Waals surface area contributed by atoms with Crippen LogP contribution in [0.2, 0.25) is 0 Å². The number of nitrogens with zero attached hydrogens (tertiary/aromatic N) is 5. The number of aromatic nitrogens is 3. The third kappa shape index (κ3) is 7.58. The molecule has 4 aliphatic rings. The lowest BCUT2D eigenvalue weighted by Gasteiger charge is -2.51. The van der Waals surface area contributed by atoms with E-state index in [1.54, 1.807) is 0 Å². The molecule has 3 aliphatic carbocycles. The number of aryl methyl sites for hydroxylation is 1. The monoisotopic (exact) mass is 909 g/mol. The standard InChI is InChI=1S/C63H63N5O/c1-65-58-32-14-13-31-56(58)64-63(65)68-57-38-35-46(51-28-12-11-27-50(51)43-19-5-2-6-20-43)39-55(57)54-37-36-49(41-61(54)68)69-48-26-17-25-47(40-48)66-42-67(60-34-16-15-33-59(60)66)62-52(44-21-7-3-8-22-44)29-18-30-53(62)45-23-9-4-10-24-45/h2,5-6,11-17,19-20,25-28,31-41,44-45,52-53,62H,3-4,7-10,18,21-24,29-30,42H2,1H3/i1D3. The first kappa shape index (κ1) is 39.1. The molecule has 3 saturated carbocycles. The smallest absolute Gasteiger partial charge is 0.215 e. The molecule has 9 aromatic rings. The Labute approximate surface area is 411 Å². The number of imidazole rings is 1. The van der Waals surface area contributed by atoms with Crippen molar-refractivity contribution in [2.24, 2.45) is 30.6 Å². The molecule has 0 radical (unpaired) electrons. The number of anilines is 3. The van der Waals surface area contributed by atoms with E-state index in [9.17, 15) is 0 Å². The van der Waals surface area contributed by atoms with E-state index in [1.165, 1.54) is 99.4 Å². The summed E-state index contributed by atoms with van der Waals surface area (Å²) in [7, 11) is 0. The van der Waals surface area contributed by atoms with Crippen molar-refractivity contribution < 1.29 is 8.85 Å². The van der Waals surface area contributed by atoms with Crippen molar-refractivity contribution >= 4 is 49.9 Å². The molecule has 3 heterocycles. The molecule has 13 rings (SSSR count). The fraction of sp³-hybridized carbons (Fsp3) is 0.317. The molecule has 0 N–H and O–H groups in total. The van der Waals surface area contributed by atoms with Gasteiger partial charge in [-0.05, 0) is 119 Å². The molecule has 69 heavy (non-hydrogen) atoms. The maximum absolute atomic E-state index is 8.81. The zero-order chi connectivity index (χ0) is 48.3. The first-order chi connectivity index (χ1) is 35.4. The summed E-state index contributed by atoms with van der Waals surface area (Å²) in [4.78, 5) is 10.5. The van der Waals surface area contributed by atoms with Crippen LogP contribution in [0.3, 0.4) is 0 Å². The molecule has 2 unspecified atom stereocenters. The van der Waals surface area contributed by atoms with Crippen LogP contribution in [0.1, 0.15) is 87.6 Å². The second-order valence-corrected chi connectivity index (χ2v) is 20.6. The first-order valence-electron chi connectivity index (χ1n) is 27.5. The summed E-state index contributed by atoms with van der Waals surface area (Å²) in [6, 6.07) is 57.5. The Bertz CT molecular complexity index is 3390. The minimum absolute atomic E-state index is 0.333. The van der Waals surface area contributed by atoms with Gasteiger partial charge >= 0.3 is 0 Å². The van der Waals surface area contributed by atoms with Gasteiger partial charge in [-0.1, -0.05) is 162 Å². The molecule has 346 valence electrons. The predicted molar refractivity (Wildman–Crippen MR) is 286 cm³/mol. The van der Waals surface area contributed by atoms with Crippen LogP contribution in [-0.2, 0) is 6.98 Å². The lowest BCUT2D eigenvalue weighted by Crippen LogP contribution is -2.53.